The van der Waals surface area contributed by atoms with E-state index in [1.165, 1.54) is 5.56 Å². The monoisotopic (exact) mass is 258 g/mol. The summed E-state index contributed by atoms with van der Waals surface area (Å²) in [6, 6.07) is 10.2. The van der Waals surface area contributed by atoms with E-state index in [2.05, 4.69) is 24.6 Å². The maximum Gasteiger partial charge on any atom is 0.190 e. The first-order valence-corrected chi connectivity index (χ1v) is 7.31. The van der Waals surface area contributed by atoms with Gasteiger partial charge >= 0.3 is 0 Å². The van der Waals surface area contributed by atoms with Crippen LogP contribution in [0.1, 0.15) is 5.56 Å². The SMILES string of the molecule is COC(=S)C(SC)(SC)c1ccccc1. The standard InChI is InChI=1S/C11H14OS3/c1-12-10(13)11(14-2,15-3)9-7-5-4-6-8-9/h4-8H,1-3H3. The van der Waals surface area contributed by atoms with Crippen molar-refractivity contribution < 1.29 is 4.74 Å². The van der Waals surface area contributed by atoms with Gasteiger partial charge in [0.1, 0.15) is 0 Å². The molecule has 0 aliphatic heterocycles. The summed E-state index contributed by atoms with van der Waals surface area (Å²) in [6.07, 6.45) is 4.10. The summed E-state index contributed by atoms with van der Waals surface area (Å²) >= 11 is 8.71. The zero-order valence-corrected chi connectivity index (χ0v) is 11.5. The van der Waals surface area contributed by atoms with Crippen molar-refractivity contribution >= 4 is 40.8 Å². The van der Waals surface area contributed by atoms with Crippen molar-refractivity contribution in [2.45, 2.75) is 4.08 Å². The van der Waals surface area contributed by atoms with Crippen molar-refractivity contribution in [3.8, 4) is 0 Å². The predicted octanol–water partition coefficient (Wildman–Crippen LogP) is 3.54. The van der Waals surface area contributed by atoms with Crippen molar-refractivity contribution in [3.63, 3.8) is 0 Å². The Balaban J connectivity index is 3.17. The Morgan fingerprint density at radius 3 is 2.13 bits per heavy atom. The number of thiocarbonyl (C=S) groups is 1. The number of rotatable bonds is 4. The second-order valence-electron chi connectivity index (χ2n) is 2.88. The molecule has 0 fully saturated rings. The molecule has 0 unspecified atom stereocenters. The predicted molar refractivity (Wildman–Crippen MR) is 74.8 cm³/mol. The summed E-state index contributed by atoms with van der Waals surface area (Å²) in [7, 11) is 1.63. The molecule has 0 atom stereocenters. The number of benzene rings is 1. The van der Waals surface area contributed by atoms with Gasteiger partial charge in [0.25, 0.3) is 0 Å². The molecule has 1 rings (SSSR count). The average molecular weight is 258 g/mol. The summed E-state index contributed by atoms with van der Waals surface area (Å²) in [5.74, 6) is 0. The molecule has 15 heavy (non-hydrogen) atoms. The Labute approximate surface area is 105 Å². The lowest BCUT2D eigenvalue weighted by Crippen LogP contribution is -2.28. The van der Waals surface area contributed by atoms with E-state index in [1.807, 2.05) is 18.2 Å². The van der Waals surface area contributed by atoms with Crippen LogP contribution >= 0.6 is 35.7 Å². The summed E-state index contributed by atoms with van der Waals surface area (Å²) in [5, 5.41) is 0.619. The fraction of sp³-hybridized carbons (Fsp3) is 0.364. The molecule has 4 heteroatoms. The summed E-state index contributed by atoms with van der Waals surface area (Å²) in [4.78, 5) is 0. The Morgan fingerprint density at radius 1 is 1.20 bits per heavy atom. The molecule has 82 valence electrons. The fourth-order valence-electron chi connectivity index (χ4n) is 1.40. The third-order valence-corrected chi connectivity index (χ3v) is 5.91. The molecule has 1 nitrogen and oxygen atoms in total. The first kappa shape index (κ1) is 12.9. The zero-order valence-electron chi connectivity index (χ0n) is 9.02. The third kappa shape index (κ3) is 2.49. The highest BCUT2D eigenvalue weighted by molar-refractivity contribution is 8.18. The molecule has 0 N–H and O–H groups in total. The number of ether oxygens (including phenoxy) is 1. The average Bonchev–Trinajstić information content (AvgIpc) is 2.32. The van der Waals surface area contributed by atoms with E-state index in [4.69, 9.17) is 17.0 Å². The van der Waals surface area contributed by atoms with E-state index in [0.717, 1.165) is 0 Å². The van der Waals surface area contributed by atoms with Crippen LogP contribution in [-0.2, 0) is 8.82 Å². The van der Waals surface area contributed by atoms with Crippen LogP contribution in [0.3, 0.4) is 0 Å². The molecular weight excluding hydrogens is 244 g/mol. The van der Waals surface area contributed by atoms with Gasteiger partial charge in [-0.05, 0) is 30.3 Å². The Hall–Kier alpha value is -0.190. The quantitative estimate of drug-likeness (QED) is 0.603. The first-order valence-electron chi connectivity index (χ1n) is 4.45. The van der Waals surface area contributed by atoms with Gasteiger partial charge in [0, 0.05) is 0 Å². The molecule has 0 bridgehead atoms. The van der Waals surface area contributed by atoms with E-state index >= 15 is 0 Å². The topological polar surface area (TPSA) is 9.23 Å². The van der Waals surface area contributed by atoms with E-state index in [0.29, 0.717) is 5.05 Å². The molecule has 0 radical (unpaired) electrons. The number of methoxy groups -OCH3 is 1. The molecule has 0 amide bonds. The van der Waals surface area contributed by atoms with Crippen LogP contribution < -0.4 is 0 Å². The summed E-state index contributed by atoms with van der Waals surface area (Å²) in [5.41, 5.74) is 1.18. The Morgan fingerprint density at radius 2 is 1.73 bits per heavy atom. The highest BCUT2D eigenvalue weighted by Gasteiger charge is 2.36. The van der Waals surface area contributed by atoms with E-state index in [9.17, 15) is 0 Å². The molecular formula is C11H14OS3. The second kappa shape index (κ2) is 5.77. The van der Waals surface area contributed by atoms with E-state index < -0.39 is 0 Å². The smallest absolute Gasteiger partial charge is 0.190 e. The number of hydrogen-bond donors (Lipinski definition) is 0. The third-order valence-electron chi connectivity index (χ3n) is 2.18. The molecule has 0 heterocycles. The van der Waals surface area contributed by atoms with Crippen LogP contribution in [-0.4, -0.2) is 24.7 Å². The lowest BCUT2D eigenvalue weighted by atomic mass is 10.1. The van der Waals surface area contributed by atoms with Gasteiger partial charge in [-0.2, -0.15) is 0 Å². The lowest BCUT2D eigenvalue weighted by molar-refractivity contribution is 0.402. The summed E-state index contributed by atoms with van der Waals surface area (Å²) < 4.78 is 4.97. The van der Waals surface area contributed by atoms with Gasteiger partial charge in [0.2, 0.25) is 0 Å². The van der Waals surface area contributed by atoms with Crippen molar-refractivity contribution in [2.75, 3.05) is 19.6 Å². The molecule has 1 aromatic rings. The minimum Gasteiger partial charge on any atom is -0.488 e. The zero-order chi connectivity index (χ0) is 11.3. The highest BCUT2D eigenvalue weighted by atomic mass is 32.2. The second-order valence-corrected chi connectivity index (χ2v) is 5.55. The lowest BCUT2D eigenvalue weighted by Gasteiger charge is -2.30. The molecule has 0 aliphatic rings. The largest absolute Gasteiger partial charge is 0.488 e. The van der Waals surface area contributed by atoms with Gasteiger partial charge in [-0.25, -0.2) is 0 Å². The van der Waals surface area contributed by atoms with Crippen LogP contribution in [0.5, 0.6) is 0 Å². The van der Waals surface area contributed by atoms with Crippen molar-refractivity contribution in [2.24, 2.45) is 0 Å². The van der Waals surface area contributed by atoms with Gasteiger partial charge in [0.15, 0.2) is 9.13 Å². The summed E-state index contributed by atoms with van der Waals surface area (Å²) in [6.45, 7) is 0. The van der Waals surface area contributed by atoms with Gasteiger partial charge < -0.3 is 4.74 Å². The molecule has 1 aromatic carbocycles. The Kier molecular flexibility index (Phi) is 4.96. The molecule has 0 saturated heterocycles. The van der Waals surface area contributed by atoms with Crippen LogP contribution in [0, 0.1) is 0 Å². The van der Waals surface area contributed by atoms with Crippen LogP contribution in [0.25, 0.3) is 0 Å². The number of thioether (sulfide) groups is 2. The van der Waals surface area contributed by atoms with Gasteiger partial charge in [0.05, 0.1) is 7.11 Å². The number of hydrogen-bond acceptors (Lipinski definition) is 4. The first-order chi connectivity index (χ1) is 7.21. The van der Waals surface area contributed by atoms with Gasteiger partial charge in [-0.15, -0.1) is 23.5 Å². The highest BCUT2D eigenvalue weighted by Crippen LogP contribution is 2.45. The molecule has 0 aromatic heterocycles. The minimum absolute atomic E-state index is 0.272. The Bertz CT molecular complexity index is 320. The van der Waals surface area contributed by atoms with Crippen LogP contribution in [0.2, 0.25) is 0 Å². The normalized spacial score (nSPS) is 11.1. The maximum atomic E-state index is 5.31. The van der Waals surface area contributed by atoms with Crippen molar-refractivity contribution in [3.05, 3.63) is 35.9 Å². The van der Waals surface area contributed by atoms with E-state index in [1.54, 1.807) is 30.6 Å². The molecule has 0 saturated carbocycles. The maximum absolute atomic E-state index is 5.31. The minimum atomic E-state index is -0.272. The molecule has 0 aliphatic carbocycles. The van der Waals surface area contributed by atoms with Gasteiger partial charge in [-0.1, -0.05) is 30.3 Å². The van der Waals surface area contributed by atoms with Gasteiger partial charge in [-0.3, -0.25) is 0 Å². The molecule has 0 spiro atoms. The van der Waals surface area contributed by atoms with Crippen molar-refractivity contribution in [1.82, 2.24) is 0 Å². The van der Waals surface area contributed by atoms with Crippen LogP contribution in [0.15, 0.2) is 30.3 Å². The van der Waals surface area contributed by atoms with Crippen LogP contribution in [0.4, 0.5) is 0 Å². The fourth-order valence-corrected chi connectivity index (χ4v) is 3.92. The van der Waals surface area contributed by atoms with Crippen molar-refractivity contribution in [1.29, 1.82) is 0 Å². The van der Waals surface area contributed by atoms with E-state index in [-0.39, 0.29) is 4.08 Å².